The largest absolute Gasteiger partial charge is 0.378 e. The van der Waals surface area contributed by atoms with E-state index >= 15 is 0 Å². The molecule has 90 valence electrons. The van der Waals surface area contributed by atoms with Gasteiger partial charge in [0.2, 0.25) is 0 Å². The molecule has 0 saturated carbocycles. The third-order valence-electron chi connectivity index (χ3n) is 3.45. The molecule has 0 radical (unpaired) electrons. The normalized spacial score (nSPS) is 25.4. The lowest BCUT2D eigenvalue weighted by Gasteiger charge is -2.23. The molecule has 2 heteroatoms. The third-order valence-corrected chi connectivity index (χ3v) is 3.45. The molecule has 15 heavy (non-hydrogen) atoms. The van der Waals surface area contributed by atoms with E-state index in [1.54, 1.807) is 0 Å². The third kappa shape index (κ3) is 4.98. The lowest BCUT2D eigenvalue weighted by Crippen LogP contribution is -2.33. The number of hydrogen-bond acceptors (Lipinski definition) is 2. The maximum atomic E-state index is 5.70. The molecule has 0 aromatic rings. The van der Waals surface area contributed by atoms with Crippen molar-refractivity contribution in [1.29, 1.82) is 0 Å². The highest BCUT2D eigenvalue weighted by molar-refractivity contribution is 4.76. The van der Waals surface area contributed by atoms with Crippen molar-refractivity contribution in [2.75, 3.05) is 13.2 Å². The summed E-state index contributed by atoms with van der Waals surface area (Å²) < 4.78 is 5.70. The smallest absolute Gasteiger partial charge is 0.0590 e. The molecule has 0 amide bonds. The first-order chi connectivity index (χ1) is 7.26. The van der Waals surface area contributed by atoms with Gasteiger partial charge in [-0.2, -0.15) is 0 Å². The Morgan fingerprint density at radius 1 is 1.40 bits per heavy atom. The SMILES string of the molecule is CCNC(CC(C)CC)CC1CCCO1. The van der Waals surface area contributed by atoms with Crippen LogP contribution in [0, 0.1) is 5.92 Å². The second-order valence-electron chi connectivity index (χ2n) is 4.87. The molecular formula is C13H27NO. The van der Waals surface area contributed by atoms with Gasteiger partial charge in [0, 0.05) is 12.6 Å². The van der Waals surface area contributed by atoms with Crippen molar-refractivity contribution in [2.45, 2.75) is 65.0 Å². The summed E-state index contributed by atoms with van der Waals surface area (Å²) in [6, 6.07) is 0.660. The van der Waals surface area contributed by atoms with Crippen molar-refractivity contribution < 1.29 is 4.74 Å². The Kier molecular flexibility index (Phi) is 6.26. The maximum Gasteiger partial charge on any atom is 0.0590 e. The molecule has 1 heterocycles. The lowest BCUT2D eigenvalue weighted by molar-refractivity contribution is 0.0919. The number of ether oxygens (including phenoxy) is 1. The highest BCUT2D eigenvalue weighted by Gasteiger charge is 2.21. The number of rotatable bonds is 7. The molecule has 1 rings (SSSR count). The van der Waals surface area contributed by atoms with E-state index in [1.807, 2.05) is 0 Å². The summed E-state index contributed by atoms with van der Waals surface area (Å²) in [4.78, 5) is 0. The first kappa shape index (κ1) is 13.0. The van der Waals surface area contributed by atoms with E-state index < -0.39 is 0 Å². The van der Waals surface area contributed by atoms with Crippen LogP contribution in [0.1, 0.15) is 52.9 Å². The maximum absolute atomic E-state index is 5.70. The van der Waals surface area contributed by atoms with E-state index in [4.69, 9.17) is 4.74 Å². The van der Waals surface area contributed by atoms with Gasteiger partial charge >= 0.3 is 0 Å². The van der Waals surface area contributed by atoms with Crippen LogP contribution in [-0.2, 0) is 4.74 Å². The zero-order chi connectivity index (χ0) is 11.1. The van der Waals surface area contributed by atoms with Crippen LogP contribution in [0.15, 0.2) is 0 Å². The van der Waals surface area contributed by atoms with Crippen molar-refractivity contribution in [2.24, 2.45) is 5.92 Å². The fourth-order valence-corrected chi connectivity index (χ4v) is 2.35. The van der Waals surface area contributed by atoms with E-state index in [2.05, 4.69) is 26.1 Å². The van der Waals surface area contributed by atoms with Crippen LogP contribution in [0.2, 0.25) is 0 Å². The van der Waals surface area contributed by atoms with Gasteiger partial charge in [0.1, 0.15) is 0 Å². The van der Waals surface area contributed by atoms with E-state index in [-0.39, 0.29) is 0 Å². The second-order valence-corrected chi connectivity index (χ2v) is 4.87. The molecule has 0 aliphatic carbocycles. The van der Waals surface area contributed by atoms with Crippen molar-refractivity contribution in [3.05, 3.63) is 0 Å². The summed E-state index contributed by atoms with van der Waals surface area (Å²) in [6.07, 6.45) is 6.84. The van der Waals surface area contributed by atoms with E-state index in [0.29, 0.717) is 12.1 Å². The van der Waals surface area contributed by atoms with Crippen molar-refractivity contribution in [1.82, 2.24) is 5.32 Å². The molecular weight excluding hydrogens is 186 g/mol. The van der Waals surface area contributed by atoms with Gasteiger partial charge in [-0.25, -0.2) is 0 Å². The average Bonchev–Trinajstić information content (AvgIpc) is 2.70. The van der Waals surface area contributed by atoms with E-state index in [1.165, 1.54) is 32.1 Å². The van der Waals surface area contributed by atoms with Crippen molar-refractivity contribution >= 4 is 0 Å². The predicted molar refractivity (Wildman–Crippen MR) is 65.1 cm³/mol. The van der Waals surface area contributed by atoms with E-state index in [0.717, 1.165) is 19.1 Å². The van der Waals surface area contributed by atoms with Gasteiger partial charge in [-0.15, -0.1) is 0 Å². The molecule has 3 unspecified atom stereocenters. The van der Waals surface area contributed by atoms with Gasteiger partial charge in [-0.05, 0) is 38.1 Å². The molecule has 0 aromatic carbocycles. The molecule has 0 spiro atoms. The molecule has 1 fully saturated rings. The molecule has 3 atom stereocenters. The summed E-state index contributed by atoms with van der Waals surface area (Å²) in [6.45, 7) is 8.87. The van der Waals surface area contributed by atoms with Crippen molar-refractivity contribution in [3.8, 4) is 0 Å². The fraction of sp³-hybridized carbons (Fsp3) is 1.00. The van der Waals surface area contributed by atoms with Gasteiger partial charge in [0.05, 0.1) is 6.10 Å². The highest BCUT2D eigenvalue weighted by atomic mass is 16.5. The van der Waals surface area contributed by atoms with Crippen LogP contribution in [0.5, 0.6) is 0 Å². The summed E-state index contributed by atoms with van der Waals surface area (Å²) in [5, 5.41) is 3.59. The first-order valence-electron chi connectivity index (χ1n) is 6.61. The number of nitrogens with one attached hydrogen (secondary N) is 1. The Bertz CT molecular complexity index is 155. The standard InChI is InChI=1S/C13H27NO/c1-4-11(3)9-12(14-5-2)10-13-7-6-8-15-13/h11-14H,4-10H2,1-3H3. The fourth-order valence-electron chi connectivity index (χ4n) is 2.35. The first-order valence-corrected chi connectivity index (χ1v) is 6.61. The average molecular weight is 213 g/mol. The Labute approximate surface area is 94.8 Å². The monoisotopic (exact) mass is 213 g/mol. The second kappa shape index (κ2) is 7.24. The van der Waals surface area contributed by atoms with Gasteiger partial charge < -0.3 is 10.1 Å². The van der Waals surface area contributed by atoms with Crippen LogP contribution in [0.25, 0.3) is 0 Å². The quantitative estimate of drug-likeness (QED) is 0.702. The summed E-state index contributed by atoms with van der Waals surface area (Å²) in [5.74, 6) is 0.829. The molecule has 1 N–H and O–H groups in total. The molecule has 0 aromatic heterocycles. The summed E-state index contributed by atoms with van der Waals surface area (Å²) >= 11 is 0. The molecule has 1 aliphatic heterocycles. The lowest BCUT2D eigenvalue weighted by atomic mass is 9.95. The zero-order valence-electron chi connectivity index (χ0n) is 10.6. The van der Waals surface area contributed by atoms with Gasteiger partial charge in [0.15, 0.2) is 0 Å². The number of hydrogen-bond donors (Lipinski definition) is 1. The minimum Gasteiger partial charge on any atom is -0.378 e. The van der Waals surface area contributed by atoms with Crippen LogP contribution in [0.4, 0.5) is 0 Å². The zero-order valence-corrected chi connectivity index (χ0v) is 10.6. The molecule has 1 saturated heterocycles. The van der Waals surface area contributed by atoms with Crippen LogP contribution in [0.3, 0.4) is 0 Å². The van der Waals surface area contributed by atoms with Crippen LogP contribution in [-0.4, -0.2) is 25.3 Å². The Hall–Kier alpha value is -0.0800. The van der Waals surface area contributed by atoms with Gasteiger partial charge in [0.25, 0.3) is 0 Å². The Balaban J connectivity index is 2.28. The predicted octanol–water partition coefficient (Wildman–Crippen LogP) is 2.97. The Morgan fingerprint density at radius 3 is 2.73 bits per heavy atom. The molecule has 0 bridgehead atoms. The van der Waals surface area contributed by atoms with Gasteiger partial charge in [-0.1, -0.05) is 27.2 Å². The summed E-state index contributed by atoms with van der Waals surface area (Å²) in [5.41, 5.74) is 0. The summed E-state index contributed by atoms with van der Waals surface area (Å²) in [7, 11) is 0. The molecule has 2 nitrogen and oxygen atoms in total. The van der Waals surface area contributed by atoms with Crippen molar-refractivity contribution in [3.63, 3.8) is 0 Å². The minimum absolute atomic E-state index is 0.526. The van der Waals surface area contributed by atoms with Gasteiger partial charge in [-0.3, -0.25) is 0 Å². The Morgan fingerprint density at radius 2 is 2.20 bits per heavy atom. The van der Waals surface area contributed by atoms with E-state index in [9.17, 15) is 0 Å². The highest BCUT2D eigenvalue weighted by Crippen LogP contribution is 2.20. The molecule has 1 aliphatic rings. The topological polar surface area (TPSA) is 21.3 Å². The van der Waals surface area contributed by atoms with Crippen LogP contribution >= 0.6 is 0 Å². The van der Waals surface area contributed by atoms with Crippen LogP contribution < -0.4 is 5.32 Å². The minimum atomic E-state index is 0.526.